The zero-order valence-corrected chi connectivity index (χ0v) is 13.0. The van der Waals surface area contributed by atoms with E-state index in [2.05, 4.69) is 39.5 Å². The normalized spacial score (nSPS) is 25.0. The van der Waals surface area contributed by atoms with Crippen LogP contribution in [0.25, 0.3) is 0 Å². The minimum absolute atomic E-state index is 0.0232. The number of rotatable bonds is 6. The Bertz CT molecular complexity index is 235. The van der Waals surface area contributed by atoms with Crippen molar-refractivity contribution in [2.45, 2.75) is 65.1 Å². The SMILES string of the molecule is CC(CCN)CCCN1CC(C)(C)OC(C)(C)C1. The first-order valence-electron chi connectivity index (χ1n) is 7.37. The Hall–Kier alpha value is -0.120. The molecule has 1 rings (SSSR count). The first-order chi connectivity index (χ1) is 8.24. The maximum atomic E-state index is 6.10. The van der Waals surface area contributed by atoms with Gasteiger partial charge in [0.15, 0.2) is 0 Å². The average Bonchev–Trinajstić information content (AvgIpc) is 2.12. The van der Waals surface area contributed by atoms with Crippen LogP contribution in [-0.2, 0) is 4.74 Å². The lowest BCUT2D eigenvalue weighted by molar-refractivity contribution is -0.180. The maximum Gasteiger partial charge on any atom is 0.0760 e. The summed E-state index contributed by atoms with van der Waals surface area (Å²) in [6.45, 7) is 15.2. The smallest absolute Gasteiger partial charge is 0.0760 e. The van der Waals surface area contributed by atoms with E-state index < -0.39 is 0 Å². The lowest BCUT2D eigenvalue weighted by Crippen LogP contribution is -2.57. The molecule has 1 fully saturated rings. The summed E-state index contributed by atoms with van der Waals surface area (Å²) in [5.41, 5.74) is 5.54. The van der Waals surface area contributed by atoms with Crippen LogP contribution in [0.5, 0.6) is 0 Å². The number of ether oxygens (including phenoxy) is 1. The molecule has 3 nitrogen and oxygen atoms in total. The van der Waals surface area contributed by atoms with Crippen molar-refractivity contribution in [1.29, 1.82) is 0 Å². The predicted molar refractivity (Wildman–Crippen MR) is 77.8 cm³/mol. The van der Waals surface area contributed by atoms with Gasteiger partial charge in [-0.15, -0.1) is 0 Å². The maximum absolute atomic E-state index is 6.10. The van der Waals surface area contributed by atoms with Crippen LogP contribution in [-0.4, -0.2) is 42.3 Å². The van der Waals surface area contributed by atoms with Crippen molar-refractivity contribution in [2.75, 3.05) is 26.2 Å². The highest BCUT2D eigenvalue weighted by molar-refractivity contribution is 4.88. The molecule has 0 radical (unpaired) electrons. The molecule has 1 aliphatic rings. The number of morpholine rings is 1. The quantitative estimate of drug-likeness (QED) is 0.794. The molecule has 0 aliphatic carbocycles. The standard InChI is InChI=1S/C15H32N2O/c1-13(8-9-16)7-6-10-17-11-14(2,3)18-15(4,5)12-17/h13H,6-12,16H2,1-5H3. The van der Waals surface area contributed by atoms with Crippen molar-refractivity contribution in [2.24, 2.45) is 11.7 Å². The van der Waals surface area contributed by atoms with Crippen LogP contribution in [0.3, 0.4) is 0 Å². The highest BCUT2D eigenvalue weighted by Crippen LogP contribution is 2.28. The van der Waals surface area contributed by atoms with Gasteiger partial charge < -0.3 is 10.5 Å². The molecule has 18 heavy (non-hydrogen) atoms. The van der Waals surface area contributed by atoms with Crippen LogP contribution in [0.4, 0.5) is 0 Å². The minimum atomic E-state index is -0.0232. The fourth-order valence-electron chi connectivity index (χ4n) is 3.20. The lowest BCUT2D eigenvalue weighted by atomic mass is 9.97. The van der Waals surface area contributed by atoms with Gasteiger partial charge in [-0.1, -0.05) is 6.92 Å². The molecule has 3 heteroatoms. The summed E-state index contributed by atoms with van der Waals surface area (Å²) in [7, 11) is 0. The van der Waals surface area contributed by atoms with Crippen LogP contribution in [0.15, 0.2) is 0 Å². The summed E-state index contributed by atoms with van der Waals surface area (Å²) in [6.07, 6.45) is 3.71. The highest BCUT2D eigenvalue weighted by Gasteiger charge is 2.37. The molecule has 1 aliphatic heterocycles. The molecule has 108 valence electrons. The van der Waals surface area contributed by atoms with E-state index in [0.717, 1.165) is 32.0 Å². The molecule has 1 saturated heterocycles. The van der Waals surface area contributed by atoms with E-state index in [9.17, 15) is 0 Å². The van der Waals surface area contributed by atoms with E-state index in [1.807, 2.05) is 0 Å². The highest BCUT2D eigenvalue weighted by atomic mass is 16.5. The molecule has 1 unspecified atom stereocenters. The van der Waals surface area contributed by atoms with E-state index in [1.54, 1.807) is 0 Å². The van der Waals surface area contributed by atoms with Gasteiger partial charge in [-0.2, -0.15) is 0 Å². The van der Waals surface area contributed by atoms with Crippen molar-refractivity contribution in [3.8, 4) is 0 Å². The largest absolute Gasteiger partial charge is 0.367 e. The molecule has 0 aromatic rings. The number of hydrogen-bond acceptors (Lipinski definition) is 3. The van der Waals surface area contributed by atoms with Gasteiger partial charge in [0.25, 0.3) is 0 Å². The Morgan fingerprint density at radius 1 is 1.11 bits per heavy atom. The Morgan fingerprint density at radius 3 is 2.17 bits per heavy atom. The van der Waals surface area contributed by atoms with E-state index >= 15 is 0 Å². The molecular weight excluding hydrogens is 224 g/mol. The third-order valence-electron chi connectivity index (χ3n) is 3.59. The molecule has 1 atom stereocenters. The number of nitrogens with zero attached hydrogens (tertiary/aromatic N) is 1. The molecule has 0 saturated carbocycles. The Labute approximate surface area is 113 Å². The molecule has 1 heterocycles. The van der Waals surface area contributed by atoms with Gasteiger partial charge in [0.05, 0.1) is 11.2 Å². The van der Waals surface area contributed by atoms with Crippen LogP contribution in [0.1, 0.15) is 53.9 Å². The average molecular weight is 256 g/mol. The van der Waals surface area contributed by atoms with Gasteiger partial charge in [-0.25, -0.2) is 0 Å². The van der Waals surface area contributed by atoms with Gasteiger partial charge in [-0.05, 0) is 66.0 Å². The summed E-state index contributed by atoms with van der Waals surface area (Å²) in [5, 5.41) is 0. The summed E-state index contributed by atoms with van der Waals surface area (Å²) in [4.78, 5) is 2.55. The van der Waals surface area contributed by atoms with Crippen LogP contribution in [0, 0.1) is 5.92 Å². The molecule has 0 bridgehead atoms. The predicted octanol–water partition coefficient (Wildman–Crippen LogP) is 2.64. The monoisotopic (exact) mass is 256 g/mol. The summed E-state index contributed by atoms with van der Waals surface area (Å²) in [5.74, 6) is 0.761. The Morgan fingerprint density at radius 2 is 1.67 bits per heavy atom. The summed E-state index contributed by atoms with van der Waals surface area (Å²) < 4.78 is 6.10. The fourth-order valence-corrected chi connectivity index (χ4v) is 3.20. The summed E-state index contributed by atoms with van der Waals surface area (Å²) >= 11 is 0. The second kappa shape index (κ2) is 6.36. The topological polar surface area (TPSA) is 38.5 Å². The Balaban J connectivity index is 2.33. The van der Waals surface area contributed by atoms with Crippen molar-refractivity contribution in [1.82, 2.24) is 4.90 Å². The van der Waals surface area contributed by atoms with Crippen molar-refractivity contribution in [3.63, 3.8) is 0 Å². The second-order valence-electron chi connectivity index (χ2n) is 7.16. The van der Waals surface area contributed by atoms with Crippen molar-refractivity contribution < 1.29 is 4.74 Å². The van der Waals surface area contributed by atoms with Gasteiger partial charge in [0.1, 0.15) is 0 Å². The second-order valence-corrected chi connectivity index (χ2v) is 7.16. The van der Waals surface area contributed by atoms with Crippen molar-refractivity contribution >= 4 is 0 Å². The molecule has 2 N–H and O–H groups in total. The minimum Gasteiger partial charge on any atom is -0.367 e. The van der Waals surface area contributed by atoms with Crippen molar-refractivity contribution in [3.05, 3.63) is 0 Å². The third kappa shape index (κ3) is 5.68. The number of hydrogen-bond donors (Lipinski definition) is 1. The van der Waals surface area contributed by atoms with Gasteiger partial charge in [0.2, 0.25) is 0 Å². The first-order valence-corrected chi connectivity index (χ1v) is 7.37. The van der Waals surface area contributed by atoms with Crippen LogP contribution >= 0.6 is 0 Å². The van der Waals surface area contributed by atoms with E-state index in [1.165, 1.54) is 19.4 Å². The molecule has 0 aromatic heterocycles. The van der Waals surface area contributed by atoms with E-state index in [0.29, 0.717) is 0 Å². The molecule has 0 aromatic carbocycles. The fraction of sp³-hybridized carbons (Fsp3) is 1.00. The Kier molecular flexibility index (Phi) is 5.63. The first kappa shape index (κ1) is 15.9. The third-order valence-corrected chi connectivity index (χ3v) is 3.59. The van der Waals surface area contributed by atoms with Crippen LogP contribution < -0.4 is 5.73 Å². The van der Waals surface area contributed by atoms with Gasteiger partial charge in [-0.3, -0.25) is 4.90 Å². The van der Waals surface area contributed by atoms with Gasteiger partial charge >= 0.3 is 0 Å². The molecule has 0 spiro atoms. The molecule has 0 amide bonds. The van der Waals surface area contributed by atoms with Gasteiger partial charge in [0, 0.05) is 13.1 Å². The summed E-state index contributed by atoms with van der Waals surface area (Å²) in [6, 6.07) is 0. The van der Waals surface area contributed by atoms with E-state index in [-0.39, 0.29) is 11.2 Å². The number of nitrogens with two attached hydrogens (primary N) is 1. The lowest BCUT2D eigenvalue weighted by Gasteiger charge is -2.47. The molecular formula is C15H32N2O. The zero-order valence-electron chi connectivity index (χ0n) is 13.0. The van der Waals surface area contributed by atoms with Crippen LogP contribution in [0.2, 0.25) is 0 Å². The zero-order chi connectivity index (χ0) is 13.8. The van der Waals surface area contributed by atoms with E-state index in [4.69, 9.17) is 10.5 Å².